The average Bonchev–Trinajstić information content (AvgIpc) is 2.41. The van der Waals surface area contributed by atoms with Crippen molar-refractivity contribution in [3.63, 3.8) is 0 Å². The van der Waals surface area contributed by atoms with Crippen LogP contribution in [0.1, 0.15) is 43.0 Å². The maximum Gasteiger partial charge on any atom is 0.251 e. The molecule has 2 rings (SSSR count). The van der Waals surface area contributed by atoms with Crippen LogP contribution in [0.2, 0.25) is 5.02 Å². The number of rotatable bonds is 3. The largest absolute Gasteiger partial charge is 0.394 e. The van der Waals surface area contributed by atoms with E-state index in [1.54, 1.807) is 18.2 Å². The molecule has 1 aliphatic carbocycles. The van der Waals surface area contributed by atoms with Crippen molar-refractivity contribution in [3.8, 4) is 0 Å². The summed E-state index contributed by atoms with van der Waals surface area (Å²) in [5.41, 5.74) is 0.0632. The topological polar surface area (TPSA) is 49.3 Å². The zero-order valence-corrected chi connectivity index (χ0v) is 13.8. The van der Waals surface area contributed by atoms with E-state index in [9.17, 15) is 9.90 Å². The number of carbonyl (C=O) groups excluding carboxylic acids is 1. The van der Waals surface area contributed by atoms with E-state index >= 15 is 0 Å². The number of carbonyl (C=O) groups is 1. The second-order valence-corrected chi connectivity index (χ2v) is 6.98. The molecule has 110 valence electrons. The van der Waals surface area contributed by atoms with Crippen LogP contribution < -0.4 is 5.32 Å². The molecule has 0 saturated heterocycles. The van der Waals surface area contributed by atoms with Crippen molar-refractivity contribution in [2.45, 2.75) is 38.1 Å². The Morgan fingerprint density at radius 2 is 2.35 bits per heavy atom. The van der Waals surface area contributed by atoms with Gasteiger partial charge in [0.1, 0.15) is 0 Å². The van der Waals surface area contributed by atoms with Gasteiger partial charge in [-0.05, 0) is 52.9 Å². The molecule has 0 heterocycles. The van der Waals surface area contributed by atoms with Gasteiger partial charge < -0.3 is 10.4 Å². The lowest BCUT2D eigenvalue weighted by atomic mass is 9.76. The minimum absolute atomic E-state index is 0.0160. The highest BCUT2D eigenvalue weighted by Gasteiger charge is 2.35. The van der Waals surface area contributed by atoms with Crippen molar-refractivity contribution in [2.75, 3.05) is 6.61 Å². The molecule has 1 aromatic carbocycles. The summed E-state index contributed by atoms with van der Waals surface area (Å²) < 4.78 is 0.696. The third-order valence-corrected chi connectivity index (χ3v) is 5.17. The molecule has 1 fully saturated rings. The molecule has 5 heteroatoms. The number of benzene rings is 1. The van der Waals surface area contributed by atoms with E-state index < -0.39 is 5.54 Å². The van der Waals surface area contributed by atoms with Gasteiger partial charge in [0, 0.05) is 10.0 Å². The maximum absolute atomic E-state index is 12.4. The van der Waals surface area contributed by atoms with Gasteiger partial charge in [-0.15, -0.1) is 0 Å². The normalized spacial score (nSPS) is 26.3. The Hall–Kier alpha value is -0.580. The molecule has 20 heavy (non-hydrogen) atoms. The number of halogens is 2. The van der Waals surface area contributed by atoms with Crippen molar-refractivity contribution in [1.82, 2.24) is 5.32 Å². The fourth-order valence-corrected chi connectivity index (χ4v) is 3.40. The summed E-state index contributed by atoms with van der Waals surface area (Å²) in [7, 11) is 0. The number of nitrogens with one attached hydrogen (secondary N) is 1. The molecule has 0 bridgehead atoms. The molecule has 0 spiro atoms. The van der Waals surface area contributed by atoms with Gasteiger partial charge in [0.05, 0.1) is 17.2 Å². The van der Waals surface area contributed by atoms with Crippen LogP contribution >= 0.6 is 27.5 Å². The summed E-state index contributed by atoms with van der Waals surface area (Å²) in [4.78, 5) is 12.4. The first kappa shape index (κ1) is 15.8. The summed E-state index contributed by atoms with van der Waals surface area (Å²) in [5, 5.41) is 13.3. The van der Waals surface area contributed by atoms with E-state index in [-0.39, 0.29) is 12.5 Å². The zero-order valence-electron chi connectivity index (χ0n) is 11.5. The van der Waals surface area contributed by atoms with Crippen LogP contribution in [0.3, 0.4) is 0 Å². The standard InChI is InChI=1S/C15H19BrClNO2/c1-10-3-2-6-15(8-10,9-19)18-14(20)11-4-5-13(17)12(16)7-11/h4-5,7,10,19H,2-3,6,8-9H2,1H3,(H,18,20). The molecular weight excluding hydrogens is 342 g/mol. The van der Waals surface area contributed by atoms with Crippen molar-refractivity contribution >= 4 is 33.4 Å². The average molecular weight is 361 g/mol. The number of hydrogen-bond acceptors (Lipinski definition) is 2. The number of hydrogen-bond donors (Lipinski definition) is 2. The van der Waals surface area contributed by atoms with Gasteiger partial charge in [0.2, 0.25) is 0 Å². The molecule has 3 nitrogen and oxygen atoms in total. The van der Waals surface area contributed by atoms with Crippen molar-refractivity contribution in [3.05, 3.63) is 33.3 Å². The lowest BCUT2D eigenvalue weighted by Gasteiger charge is -2.39. The van der Waals surface area contributed by atoms with Crippen molar-refractivity contribution < 1.29 is 9.90 Å². The molecule has 0 aliphatic heterocycles. The van der Waals surface area contributed by atoms with E-state index in [0.29, 0.717) is 21.0 Å². The van der Waals surface area contributed by atoms with Crippen LogP contribution in [0.5, 0.6) is 0 Å². The Labute approximate surface area is 132 Å². The van der Waals surface area contributed by atoms with Crippen LogP contribution in [0, 0.1) is 5.92 Å². The second-order valence-electron chi connectivity index (χ2n) is 5.72. The molecule has 1 aliphatic rings. The molecule has 0 aromatic heterocycles. The van der Waals surface area contributed by atoms with Crippen LogP contribution in [-0.4, -0.2) is 23.2 Å². The smallest absolute Gasteiger partial charge is 0.251 e. The van der Waals surface area contributed by atoms with Crippen LogP contribution in [-0.2, 0) is 0 Å². The molecule has 2 unspecified atom stereocenters. The number of amides is 1. The molecule has 2 N–H and O–H groups in total. The van der Waals surface area contributed by atoms with E-state index in [2.05, 4.69) is 28.2 Å². The SMILES string of the molecule is CC1CCCC(CO)(NC(=O)c2ccc(Cl)c(Br)c2)C1. The van der Waals surface area contributed by atoms with Gasteiger partial charge in [0.15, 0.2) is 0 Å². The van der Waals surface area contributed by atoms with Gasteiger partial charge in [-0.3, -0.25) is 4.79 Å². The van der Waals surface area contributed by atoms with Gasteiger partial charge in [-0.1, -0.05) is 31.4 Å². The van der Waals surface area contributed by atoms with E-state index in [1.165, 1.54) is 0 Å². The Bertz CT molecular complexity index is 509. The van der Waals surface area contributed by atoms with E-state index in [1.807, 2.05) is 0 Å². The third kappa shape index (κ3) is 3.54. The minimum Gasteiger partial charge on any atom is -0.394 e. The molecule has 0 radical (unpaired) electrons. The molecular formula is C15H19BrClNO2. The second kappa shape index (κ2) is 6.46. The number of aliphatic hydroxyl groups excluding tert-OH is 1. The minimum atomic E-state index is -0.485. The first-order valence-electron chi connectivity index (χ1n) is 6.84. The van der Waals surface area contributed by atoms with Gasteiger partial charge in [0.25, 0.3) is 5.91 Å². The van der Waals surface area contributed by atoms with Crippen molar-refractivity contribution in [2.24, 2.45) is 5.92 Å². The van der Waals surface area contributed by atoms with Gasteiger partial charge in [-0.2, -0.15) is 0 Å². The highest BCUT2D eigenvalue weighted by atomic mass is 79.9. The Morgan fingerprint density at radius 3 is 2.95 bits per heavy atom. The highest BCUT2D eigenvalue weighted by Crippen LogP contribution is 2.32. The lowest BCUT2D eigenvalue weighted by Crippen LogP contribution is -2.53. The first-order valence-corrected chi connectivity index (χ1v) is 8.01. The predicted molar refractivity (Wildman–Crippen MR) is 84.1 cm³/mol. The fourth-order valence-electron chi connectivity index (χ4n) is 2.91. The number of aliphatic hydroxyl groups is 1. The third-order valence-electron chi connectivity index (χ3n) is 3.95. The first-order chi connectivity index (χ1) is 9.46. The molecule has 1 amide bonds. The van der Waals surface area contributed by atoms with Crippen LogP contribution in [0.15, 0.2) is 22.7 Å². The van der Waals surface area contributed by atoms with Gasteiger partial charge in [-0.25, -0.2) is 0 Å². The van der Waals surface area contributed by atoms with Crippen LogP contribution in [0.25, 0.3) is 0 Å². The predicted octanol–water partition coefficient (Wildman–Crippen LogP) is 3.77. The van der Waals surface area contributed by atoms with E-state index in [4.69, 9.17) is 11.6 Å². The lowest BCUT2D eigenvalue weighted by molar-refractivity contribution is 0.0697. The Morgan fingerprint density at radius 1 is 1.60 bits per heavy atom. The summed E-state index contributed by atoms with van der Waals surface area (Å²) in [5.74, 6) is 0.360. The summed E-state index contributed by atoms with van der Waals surface area (Å²) in [6, 6.07) is 5.09. The highest BCUT2D eigenvalue weighted by molar-refractivity contribution is 9.10. The quantitative estimate of drug-likeness (QED) is 0.862. The van der Waals surface area contributed by atoms with Crippen molar-refractivity contribution in [1.29, 1.82) is 0 Å². The maximum atomic E-state index is 12.4. The summed E-state index contributed by atoms with van der Waals surface area (Å²) in [6.07, 6.45) is 3.84. The molecule has 1 aromatic rings. The monoisotopic (exact) mass is 359 g/mol. The summed E-state index contributed by atoms with van der Waals surface area (Å²) >= 11 is 9.25. The zero-order chi connectivity index (χ0) is 14.8. The Kier molecular flexibility index (Phi) is 5.10. The fraction of sp³-hybridized carbons (Fsp3) is 0.533. The molecule has 2 atom stereocenters. The molecule has 1 saturated carbocycles. The summed E-state index contributed by atoms with van der Waals surface area (Å²) in [6.45, 7) is 2.15. The Balaban J connectivity index is 2.14. The van der Waals surface area contributed by atoms with Gasteiger partial charge >= 0.3 is 0 Å². The van der Waals surface area contributed by atoms with Crippen LogP contribution in [0.4, 0.5) is 0 Å². The van der Waals surface area contributed by atoms with E-state index in [0.717, 1.165) is 25.7 Å².